The highest BCUT2D eigenvalue weighted by Gasteiger charge is 2.71. The van der Waals surface area contributed by atoms with Gasteiger partial charge in [0.2, 0.25) is 0 Å². The second-order valence-corrected chi connectivity index (χ2v) is 29.3. The van der Waals surface area contributed by atoms with Crippen LogP contribution < -0.4 is 0 Å². The van der Waals surface area contributed by atoms with Gasteiger partial charge in [-0.3, -0.25) is 4.79 Å². The molecule has 10 rings (SSSR count). The molecular weight excluding hydrogens is 1230 g/mol. The molecule has 528 valence electrons. The number of rotatable bonds is 18. The molecule has 31 nitrogen and oxygen atoms in total. The summed E-state index contributed by atoms with van der Waals surface area (Å²) in [6.45, 7) is 8.52. The SMILES string of the molecule is CC1(C)[C@@H](O[C@H]2OC[C@@H](O[C@@H]3O[C@H](CO)[C@@H](O)[C@H](O)[C@H]3O[C@H]3OC[C@@H](O)[C@@H](O)[C@@H]3O)[C@@H](O)[C@@H]2O[C@@H]2O[C@H](CO)[C@@H](O)[C@H](O)[C@H]2O)CC[C@]2(C)[C@H]3CC=C4[C@@H]5C[C@@](C)(C(=O)OC[C@H](O)CO[C@@H]6O[C@H](C(=O)O)[C@@H](O)[C@H](O)[C@H]6O)CC[C@]5(CO)[C@H](O)C[C@@]4(C)[C@]3(C)CC[C@@H]12. The number of esters is 1. The third kappa shape index (κ3) is 12.5. The lowest BCUT2D eigenvalue weighted by atomic mass is 9.33. The Morgan fingerprint density at radius 2 is 1.20 bits per heavy atom. The van der Waals surface area contributed by atoms with E-state index in [0.29, 0.717) is 38.5 Å². The van der Waals surface area contributed by atoms with Gasteiger partial charge >= 0.3 is 11.9 Å². The Morgan fingerprint density at radius 1 is 0.587 bits per heavy atom. The summed E-state index contributed by atoms with van der Waals surface area (Å²) in [5.41, 5.74) is -3.20. The summed E-state index contributed by atoms with van der Waals surface area (Å²) in [6, 6.07) is 0. The van der Waals surface area contributed by atoms with Crippen LogP contribution in [-0.4, -0.2) is 310 Å². The molecule has 4 saturated carbocycles. The highest BCUT2D eigenvalue weighted by Crippen LogP contribution is 2.76. The lowest BCUT2D eigenvalue weighted by Gasteiger charge is -2.72. The van der Waals surface area contributed by atoms with E-state index >= 15 is 0 Å². The van der Waals surface area contributed by atoms with E-state index in [1.165, 1.54) is 0 Å². The zero-order valence-corrected chi connectivity index (χ0v) is 52.5. The maximum Gasteiger partial charge on any atom is 0.335 e. The molecule has 9 fully saturated rings. The van der Waals surface area contributed by atoms with Crippen LogP contribution in [0, 0.1) is 50.2 Å². The maximum atomic E-state index is 14.2. The van der Waals surface area contributed by atoms with Crippen molar-refractivity contribution in [1.29, 1.82) is 0 Å². The highest BCUT2D eigenvalue weighted by molar-refractivity contribution is 5.77. The first-order valence-corrected chi connectivity index (χ1v) is 32.1. The molecule has 31 heteroatoms. The molecule has 5 saturated heterocycles. The predicted octanol–water partition coefficient (Wildman–Crippen LogP) is -5.52. The zero-order valence-electron chi connectivity index (χ0n) is 52.5. The summed E-state index contributed by atoms with van der Waals surface area (Å²) < 4.78 is 64.9. The average molecular weight is 1330 g/mol. The lowest BCUT2D eigenvalue weighted by molar-refractivity contribution is -0.392. The fraction of sp³-hybridized carbons (Fsp3) is 0.934. The quantitative estimate of drug-likeness (QED) is 0.0346. The monoisotopic (exact) mass is 1330 g/mol. The summed E-state index contributed by atoms with van der Waals surface area (Å²) in [5, 5.41) is 193. The van der Waals surface area contributed by atoms with Crippen LogP contribution >= 0.6 is 0 Å². The summed E-state index contributed by atoms with van der Waals surface area (Å²) in [5.74, 6) is -2.73. The molecule has 0 aromatic rings. The smallest absolute Gasteiger partial charge is 0.335 e. The van der Waals surface area contributed by atoms with E-state index < -0.39 is 244 Å². The van der Waals surface area contributed by atoms with Crippen LogP contribution in [0.3, 0.4) is 0 Å². The van der Waals surface area contributed by atoms with Crippen LogP contribution in [0.15, 0.2) is 11.6 Å². The number of hydrogen-bond donors (Lipinski definition) is 18. The zero-order chi connectivity index (χ0) is 67.3. The first kappa shape index (κ1) is 72.3. The average Bonchev–Trinajstić information content (AvgIpc) is 0.674. The van der Waals surface area contributed by atoms with Crippen molar-refractivity contribution in [2.24, 2.45) is 50.2 Å². The number of carboxylic acid groups (broad SMARTS) is 1. The van der Waals surface area contributed by atoms with Gasteiger partial charge < -0.3 is 144 Å². The fourth-order valence-electron chi connectivity index (χ4n) is 17.9. The van der Waals surface area contributed by atoms with Gasteiger partial charge in [-0.1, -0.05) is 46.3 Å². The van der Waals surface area contributed by atoms with Gasteiger partial charge in [-0.25, -0.2) is 4.79 Å². The Balaban J connectivity index is 0.853. The largest absolute Gasteiger partial charge is 0.479 e. The third-order valence-electron chi connectivity index (χ3n) is 23.8. The van der Waals surface area contributed by atoms with Gasteiger partial charge in [0.15, 0.2) is 37.6 Å². The number of allylic oxidation sites excluding steroid dienone is 2. The number of carbonyl (C=O) groups is 2. The summed E-state index contributed by atoms with van der Waals surface area (Å²) in [6.07, 6.45) is -37.1. The van der Waals surface area contributed by atoms with E-state index in [-0.39, 0.29) is 43.1 Å². The minimum Gasteiger partial charge on any atom is -0.479 e. The second-order valence-electron chi connectivity index (χ2n) is 29.3. The molecule has 92 heavy (non-hydrogen) atoms. The van der Waals surface area contributed by atoms with Gasteiger partial charge in [0, 0.05) is 5.41 Å². The first-order chi connectivity index (χ1) is 43.2. The Morgan fingerprint density at radius 3 is 1.86 bits per heavy atom. The van der Waals surface area contributed by atoms with Crippen molar-refractivity contribution in [2.75, 3.05) is 46.2 Å². The minimum atomic E-state index is -1.95. The maximum absolute atomic E-state index is 14.2. The molecule has 0 aromatic carbocycles. The number of hydrogen-bond acceptors (Lipinski definition) is 30. The molecule has 5 aliphatic heterocycles. The molecule has 0 radical (unpaired) electrons. The first-order valence-electron chi connectivity index (χ1n) is 32.1. The van der Waals surface area contributed by atoms with Crippen LogP contribution in [0.4, 0.5) is 0 Å². The van der Waals surface area contributed by atoms with E-state index in [4.69, 9.17) is 52.1 Å². The van der Waals surface area contributed by atoms with Gasteiger partial charge in [-0.15, -0.1) is 0 Å². The Hall–Kier alpha value is -2.40. The number of aliphatic hydroxyl groups is 17. The van der Waals surface area contributed by atoms with Crippen LogP contribution in [-0.2, 0) is 61.7 Å². The molecule has 10 aliphatic rings. The van der Waals surface area contributed by atoms with Crippen LogP contribution in [0.1, 0.15) is 99.3 Å². The lowest BCUT2D eigenvalue weighted by Crippen LogP contribution is -2.68. The van der Waals surface area contributed by atoms with E-state index in [1.807, 2.05) is 0 Å². The number of aliphatic hydroxyl groups excluding tert-OH is 17. The van der Waals surface area contributed by atoms with Gasteiger partial charge in [0.1, 0.15) is 116 Å². The van der Waals surface area contributed by atoms with Gasteiger partial charge in [-0.2, -0.15) is 0 Å². The molecule has 34 atom stereocenters. The van der Waals surface area contributed by atoms with Crippen LogP contribution in [0.2, 0.25) is 0 Å². The van der Waals surface area contributed by atoms with Crippen molar-refractivity contribution in [3.8, 4) is 0 Å². The molecule has 0 spiro atoms. The number of fused-ring (bicyclic) bond motifs is 7. The standard InChI is InChI=1S/C61H98O31/c1-56(2)31-9-12-59(5)32(8-7-25-26-15-57(3,13-14-61(26,23-64)33(67)16-60(25,59)6)55(81)85-20-24(65)19-82-51-44(77)40(73)42(75)46(90-51)49(79)80)58(31,4)11-10-34(56)89-53-47(92-52-45(78)39(72)36(69)28(17-62)86-52)38(71)30(22-84-53)88-54-48(41(74)37(70)29(18-63)87-54)91-50-43(76)35(68)27(66)21-83-50/h7,24,26-48,50-54,62-78H,8-23H2,1-6H3,(H,79,80)/t24-,26+,27-,28-,29-,30-,31+,32-,33-,34+,35-,36-,37-,38-,39+,40+,41+,42+,43+,44-,45-,46+,47+,48-,50-,51-,52+,53-,54+,57+,58+,59-,60-,61-/m1/s1. The van der Waals surface area contributed by atoms with Crippen molar-refractivity contribution in [2.45, 2.75) is 259 Å². The van der Waals surface area contributed by atoms with Crippen molar-refractivity contribution in [1.82, 2.24) is 0 Å². The minimum absolute atomic E-state index is 0.0288. The van der Waals surface area contributed by atoms with Gasteiger partial charge in [0.05, 0.1) is 57.3 Å². The molecule has 0 bridgehead atoms. The molecule has 5 heterocycles. The molecule has 0 aromatic heterocycles. The highest BCUT2D eigenvalue weighted by atomic mass is 16.8. The Bertz CT molecular complexity index is 2580. The van der Waals surface area contributed by atoms with E-state index in [0.717, 1.165) is 5.57 Å². The fourth-order valence-corrected chi connectivity index (χ4v) is 17.9. The normalized spacial score (nSPS) is 52.3. The third-order valence-corrected chi connectivity index (χ3v) is 23.8. The molecular formula is C61H98O31. The Labute approximate surface area is 531 Å². The van der Waals surface area contributed by atoms with E-state index in [1.54, 1.807) is 6.92 Å². The molecule has 18 N–H and O–H groups in total. The van der Waals surface area contributed by atoms with E-state index in [9.17, 15) is 102 Å². The number of ether oxygens (including phenoxy) is 11. The molecule has 0 unspecified atom stereocenters. The predicted molar refractivity (Wildman–Crippen MR) is 304 cm³/mol. The van der Waals surface area contributed by atoms with Gasteiger partial charge in [0.25, 0.3) is 0 Å². The van der Waals surface area contributed by atoms with Crippen molar-refractivity contribution in [3.05, 3.63) is 11.6 Å². The van der Waals surface area contributed by atoms with Crippen molar-refractivity contribution < 1.29 is 154 Å². The number of carboxylic acids is 1. The topological polar surface area (TPSA) is 500 Å². The number of aliphatic carboxylic acids is 1. The summed E-state index contributed by atoms with van der Waals surface area (Å²) in [4.78, 5) is 25.8. The molecule has 5 aliphatic carbocycles. The van der Waals surface area contributed by atoms with Crippen LogP contribution in [0.25, 0.3) is 0 Å². The van der Waals surface area contributed by atoms with E-state index in [2.05, 4.69) is 40.7 Å². The van der Waals surface area contributed by atoms with Crippen LogP contribution in [0.5, 0.6) is 0 Å². The molecule has 0 amide bonds. The summed E-state index contributed by atoms with van der Waals surface area (Å²) in [7, 11) is 0. The Kier molecular flexibility index (Phi) is 21.5. The second kappa shape index (κ2) is 27.4. The number of carbonyl (C=O) groups excluding carboxylic acids is 1. The van der Waals surface area contributed by atoms with Gasteiger partial charge in [-0.05, 0) is 104 Å². The van der Waals surface area contributed by atoms with Crippen molar-refractivity contribution in [3.63, 3.8) is 0 Å². The van der Waals surface area contributed by atoms with Crippen molar-refractivity contribution >= 4 is 11.9 Å². The summed E-state index contributed by atoms with van der Waals surface area (Å²) >= 11 is 0.